The van der Waals surface area contributed by atoms with E-state index < -0.39 is 9.12 Å². The van der Waals surface area contributed by atoms with Gasteiger partial charge in [-0.2, -0.15) is 0 Å². The van der Waals surface area contributed by atoms with Crippen molar-refractivity contribution in [3.8, 4) is 0 Å². The summed E-state index contributed by atoms with van der Waals surface area (Å²) in [5.41, 5.74) is 0. The van der Waals surface area contributed by atoms with E-state index in [9.17, 15) is 0 Å². The number of nitrogens with zero attached hydrogens (tertiary/aromatic N) is 2. The smallest absolute Gasteiger partial charge is 0.185 e. The van der Waals surface area contributed by atoms with Gasteiger partial charge in [0.2, 0.25) is 0 Å². The van der Waals surface area contributed by atoms with Crippen LogP contribution in [0.15, 0.2) is 0 Å². The van der Waals surface area contributed by atoms with E-state index in [1.807, 2.05) is 0 Å². The topological polar surface area (TPSA) is 6.48 Å². The molecule has 2 nitrogen and oxygen atoms in total. The third kappa shape index (κ3) is 1.10. The van der Waals surface area contributed by atoms with Gasteiger partial charge in [0.05, 0.1) is 0 Å². The number of hydrogen-bond donors (Lipinski definition) is 1. The van der Waals surface area contributed by atoms with Gasteiger partial charge in [-0.25, -0.2) is 0 Å². The lowest BCUT2D eigenvalue weighted by atomic mass is 10.4. The molecule has 46 valence electrons. The number of thiol groups is 1. The van der Waals surface area contributed by atoms with Crippen LogP contribution in [0.2, 0.25) is 6.55 Å². The van der Waals surface area contributed by atoms with Gasteiger partial charge in [-0.1, -0.05) is 0 Å². The molecule has 0 aromatic rings. The predicted octanol–water partition coefficient (Wildman–Crippen LogP) is -1.15. The van der Waals surface area contributed by atoms with Gasteiger partial charge in [-0.05, 0) is 13.1 Å². The van der Waals surface area contributed by atoms with E-state index >= 15 is 0 Å². The molecular formula is C3H11BN2SSi. The van der Waals surface area contributed by atoms with Gasteiger partial charge in [0.1, 0.15) is 0 Å². The van der Waals surface area contributed by atoms with Crippen molar-refractivity contribution in [1.29, 1.82) is 0 Å². The van der Waals surface area contributed by atoms with E-state index in [-0.39, 0.29) is 0 Å². The Kier molecular flexibility index (Phi) is 2.03. The normalized spacial score (nSPS) is 34.0. The maximum atomic E-state index is 4.30. The van der Waals surface area contributed by atoms with Crippen LogP contribution >= 0.6 is 12.8 Å². The maximum Gasteiger partial charge on any atom is 0.185 e. The minimum atomic E-state index is -0.707. The lowest BCUT2D eigenvalue weighted by molar-refractivity contribution is 0.708. The fourth-order valence-corrected chi connectivity index (χ4v) is 2.91. The van der Waals surface area contributed by atoms with Crippen molar-refractivity contribution in [2.24, 2.45) is 0 Å². The van der Waals surface area contributed by atoms with E-state index in [1.165, 1.54) is 6.54 Å². The maximum absolute atomic E-state index is 4.30. The van der Waals surface area contributed by atoms with Crippen molar-refractivity contribution in [3.05, 3.63) is 0 Å². The van der Waals surface area contributed by atoms with Gasteiger partial charge in [0.25, 0.3) is 0 Å². The second-order valence-corrected chi connectivity index (χ2v) is 5.99. The zero-order chi connectivity index (χ0) is 6.15. The summed E-state index contributed by atoms with van der Waals surface area (Å²) in [4.78, 5) is 0. The summed E-state index contributed by atoms with van der Waals surface area (Å²) in [6.45, 7) is 4.64. The van der Waals surface area contributed by atoms with Crippen LogP contribution in [0.1, 0.15) is 0 Å². The Hall–Kier alpha value is 0.552. The summed E-state index contributed by atoms with van der Waals surface area (Å²) in [5.74, 6) is 0. The van der Waals surface area contributed by atoms with Crippen molar-refractivity contribution in [1.82, 2.24) is 8.45 Å². The highest BCUT2D eigenvalue weighted by Crippen LogP contribution is 2.08. The van der Waals surface area contributed by atoms with Crippen LogP contribution in [0.25, 0.3) is 0 Å². The highest BCUT2D eigenvalue weighted by atomic mass is 32.1. The Morgan fingerprint density at radius 2 is 2.25 bits per heavy atom. The van der Waals surface area contributed by atoms with Crippen LogP contribution in [-0.4, -0.2) is 38.6 Å². The molecule has 0 N–H and O–H groups in total. The lowest BCUT2D eigenvalue weighted by Gasteiger charge is -2.16. The summed E-state index contributed by atoms with van der Waals surface area (Å²) in [6.07, 6.45) is 0. The minimum absolute atomic E-state index is 0.707. The van der Waals surface area contributed by atoms with Crippen molar-refractivity contribution in [2.45, 2.75) is 6.55 Å². The van der Waals surface area contributed by atoms with Gasteiger partial charge in [0, 0.05) is 6.54 Å². The molecule has 1 aliphatic heterocycles. The number of rotatable bonds is 0. The molecule has 0 radical (unpaired) electrons. The summed E-state index contributed by atoms with van der Waals surface area (Å²) in [6, 6.07) is 0. The van der Waals surface area contributed by atoms with Crippen molar-refractivity contribution in [3.63, 3.8) is 0 Å². The average Bonchev–Trinajstić information content (AvgIpc) is 1.98. The first-order valence-electron chi connectivity index (χ1n) is 2.87. The van der Waals surface area contributed by atoms with E-state index in [1.54, 1.807) is 0 Å². The summed E-state index contributed by atoms with van der Waals surface area (Å²) >= 11 is 4.30. The fourth-order valence-electron chi connectivity index (χ4n) is 0.861. The second-order valence-electron chi connectivity index (χ2n) is 2.28. The zero-order valence-corrected chi connectivity index (χ0v) is 7.38. The third-order valence-corrected chi connectivity index (χ3v) is 5.61. The molecule has 0 amide bonds. The predicted molar refractivity (Wildman–Crippen MR) is 44.0 cm³/mol. The highest BCUT2D eigenvalue weighted by molar-refractivity contribution is 7.79. The Morgan fingerprint density at radius 3 is 2.38 bits per heavy atom. The van der Waals surface area contributed by atoms with Crippen LogP contribution in [0.4, 0.5) is 0 Å². The summed E-state index contributed by atoms with van der Waals surface area (Å²) < 4.78 is 4.59. The molecule has 1 aliphatic rings. The SMILES string of the molecule is BN1CCN(S)[SiH]1C. The van der Waals surface area contributed by atoms with Crippen molar-refractivity contribution < 1.29 is 0 Å². The molecule has 1 atom stereocenters. The van der Waals surface area contributed by atoms with E-state index in [0.717, 1.165) is 6.54 Å². The van der Waals surface area contributed by atoms with Crippen molar-refractivity contribution >= 4 is 29.9 Å². The van der Waals surface area contributed by atoms with Crippen LogP contribution < -0.4 is 0 Å². The molecule has 0 bridgehead atoms. The summed E-state index contributed by atoms with van der Waals surface area (Å²) in [7, 11) is 1.47. The number of hydrogen-bond acceptors (Lipinski definition) is 3. The fraction of sp³-hybridized carbons (Fsp3) is 1.00. The summed E-state index contributed by atoms with van der Waals surface area (Å²) in [5, 5.41) is 0. The van der Waals surface area contributed by atoms with Gasteiger partial charge >= 0.3 is 0 Å². The first kappa shape index (κ1) is 6.67. The first-order chi connectivity index (χ1) is 3.72. The largest absolute Gasteiger partial charge is 0.360 e. The van der Waals surface area contributed by atoms with Crippen LogP contribution in [0.3, 0.4) is 0 Å². The van der Waals surface area contributed by atoms with Crippen molar-refractivity contribution in [2.75, 3.05) is 13.1 Å². The second kappa shape index (κ2) is 2.43. The quantitative estimate of drug-likeness (QED) is 0.340. The molecule has 1 fully saturated rings. The molecule has 0 saturated carbocycles. The molecule has 8 heavy (non-hydrogen) atoms. The molecule has 1 unspecified atom stereocenters. The van der Waals surface area contributed by atoms with E-state index in [4.69, 9.17) is 0 Å². The molecule has 0 aliphatic carbocycles. The molecule has 1 saturated heterocycles. The van der Waals surface area contributed by atoms with Crippen LogP contribution in [-0.2, 0) is 0 Å². The monoisotopic (exact) mass is 146 g/mol. The Labute approximate surface area is 58.6 Å². The molecule has 1 heterocycles. The Morgan fingerprint density at radius 1 is 1.62 bits per heavy atom. The zero-order valence-electron chi connectivity index (χ0n) is 5.33. The first-order valence-corrected chi connectivity index (χ1v) is 5.46. The molecule has 0 aromatic carbocycles. The van der Waals surface area contributed by atoms with E-state index in [2.05, 4.69) is 35.8 Å². The van der Waals surface area contributed by atoms with Gasteiger partial charge in [-0.3, -0.25) is 3.97 Å². The standard InChI is InChI=1S/C3H11BN2SSi/c1-8-5(4)2-3-6(8)7/h7-8H,2-4H2,1H3. The van der Waals surface area contributed by atoms with Gasteiger partial charge < -0.3 is 4.48 Å². The Balaban J connectivity index is 2.44. The van der Waals surface area contributed by atoms with Gasteiger partial charge in [0.15, 0.2) is 17.1 Å². The van der Waals surface area contributed by atoms with E-state index in [0.29, 0.717) is 0 Å². The third-order valence-electron chi connectivity index (χ3n) is 1.75. The minimum Gasteiger partial charge on any atom is -0.360 e. The van der Waals surface area contributed by atoms with Crippen LogP contribution in [0, 0.1) is 0 Å². The van der Waals surface area contributed by atoms with Gasteiger partial charge in [-0.15, -0.1) is 12.8 Å². The lowest BCUT2D eigenvalue weighted by Crippen LogP contribution is -2.34. The molecular weight excluding hydrogens is 135 g/mol. The molecule has 1 rings (SSSR count). The molecule has 0 spiro atoms. The van der Waals surface area contributed by atoms with Crippen LogP contribution in [0.5, 0.6) is 0 Å². The highest BCUT2D eigenvalue weighted by Gasteiger charge is 2.23. The average molecular weight is 146 g/mol. The molecule has 5 heteroatoms. The molecule has 0 aromatic heterocycles. The Bertz CT molecular complexity index is 83.4.